The maximum Gasteiger partial charge on any atom is 0.0839 e. The van der Waals surface area contributed by atoms with Gasteiger partial charge < -0.3 is 4.74 Å². The third kappa shape index (κ3) is 1.87. The van der Waals surface area contributed by atoms with Crippen molar-refractivity contribution in [3.63, 3.8) is 0 Å². The monoisotopic (exact) mass is 196 g/mol. The molecule has 0 fully saturated rings. The van der Waals surface area contributed by atoms with Crippen molar-refractivity contribution in [3.05, 3.63) is 35.4 Å². The van der Waals surface area contributed by atoms with Crippen molar-refractivity contribution >= 4 is 11.6 Å². The predicted molar refractivity (Wildman–Crippen MR) is 54.2 cm³/mol. The molecular formula is C11H13ClO. The number of benzene rings is 1. The van der Waals surface area contributed by atoms with Crippen LogP contribution in [0.1, 0.15) is 23.7 Å². The molecule has 0 saturated carbocycles. The van der Waals surface area contributed by atoms with Crippen LogP contribution in [0.4, 0.5) is 0 Å². The molecule has 0 amide bonds. The van der Waals surface area contributed by atoms with Gasteiger partial charge in [-0.2, -0.15) is 0 Å². The van der Waals surface area contributed by atoms with Gasteiger partial charge in [0, 0.05) is 5.88 Å². The maximum atomic E-state index is 5.72. The van der Waals surface area contributed by atoms with E-state index < -0.39 is 0 Å². The highest BCUT2D eigenvalue weighted by molar-refractivity contribution is 6.17. The molecule has 0 aliphatic carbocycles. The fraction of sp³-hybridized carbons (Fsp3) is 0.455. The molecule has 0 saturated heterocycles. The average molecular weight is 197 g/mol. The summed E-state index contributed by atoms with van der Waals surface area (Å²) in [5.41, 5.74) is 2.75. The normalized spacial score (nSPS) is 21.2. The van der Waals surface area contributed by atoms with E-state index in [1.165, 1.54) is 11.1 Å². The van der Waals surface area contributed by atoms with Crippen LogP contribution < -0.4 is 0 Å². The Morgan fingerprint density at radius 3 is 3.08 bits per heavy atom. The second-order valence-electron chi connectivity index (χ2n) is 3.29. The Morgan fingerprint density at radius 1 is 1.38 bits per heavy atom. The number of hydrogen-bond acceptors (Lipinski definition) is 1. The highest BCUT2D eigenvalue weighted by Crippen LogP contribution is 2.29. The average Bonchev–Trinajstić information content (AvgIpc) is 2.19. The molecule has 1 aromatic carbocycles. The Kier molecular flexibility index (Phi) is 2.87. The van der Waals surface area contributed by atoms with Crippen LogP contribution in [0.2, 0.25) is 0 Å². The molecule has 1 aliphatic rings. The minimum Gasteiger partial charge on any atom is -0.373 e. The van der Waals surface area contributed by atoms with Crippen molar-refractivity contribution in [3.8, 4) is 0 Å². The van der Waals surface area contributed by atoms with E-state index in [-0.39, 0.29) is 6.10 Å². The summed E-state index contributed by atoms with van der Waals surface area (Å²) in [6.07, 6.45) is 2.18. The molecule has 70 valence electrons. The van der Waals surface area contributed by atoms with Crippen LogP contribution in [-0.2, 0) is 11.2 Å². The first-order chi connectivity index (χ1) is 6.42. The van der Waals surface area contributed by atoms with Gasteiger partial charge in [0.05, 0.1) is 12.7 Å². The van der Waals surface area contributed by atoms with E-state index >= 15 is 0 Å². The quantitative estimate of drug-likeness (QED) is 0.661. The van der Waals surface area contributed by atoms with Gasteiger partial charge in [0.25, 0.3) is 0 Å². The number of alkyl halides is 1. The van der Waals surface area contributed by atoms with Crippen LogP contribution >= 0.6 is 11.6 Å². The van der Waals surface area contributed by atoms with Crippen LogP contribution in [0.25, 0.3) is 0 Å². The molecule has 1 unspecified atom stereocenters. The molecule has 0 radical (unpaired) electrons. The van der Waals surface area contributed by atoms with E-state index in [1.807, 2.05) is 0 Å². The molecule has 1 nitrogen and oxygen atoms in total. The lowest BCUT2D eigenvalue weighted by molar-refractivity contribution is 0.0405. The van der Waals surface area contributed by atoms with Crippen LogP contribution in [0.15, 0.2) is 24.3 Å². The predicted octanol–water partition coefficient (Wildman–Crippen LogP) is 2.93. The van der Waals surface area contributed by atoms with Gasteiger partial charge in [-0.05, 0) is 24.0 Å². The first kappa shape index (κ1) is 9.04. The molecule has 2 heteroatoms. The zero-order valence-corrected chi connectivity index (χ0v) is 8.26. The SMILES string of the molecule is ClCCC1OCCc2ccccc21. The van der Waals surface area contributed by atoms with Crippen molar-refractivity contribution in [2.75, 3.05) is 12.5 Å². The third-order valence-corrected chi connectivity index (χ3v) is 2.68. The summed E-state index contributed by atoms with van der Waals surface area (Å²) in [7, 11) is 0. The molecule has 1 atom stereocenters. The summed E-state index contributed by atoms with van der Waals surface area (Å²) in [5, 5.41) is 0. The van der Waals surface area contributed by atoms with Crippen molar-refractivity contribution in [2.24, 2.45) is 0 Å². The number of halogens is 1. The molecule has 13 heavy (non-hydrogen) atoms. The molecule has 1 heterocycles. The second-order valence-corrected chi connectivity index (χ2v) is 3.66. The summed E-state index contributed by atoms with van der Waals surface area (Å²) < 4.78 is 5.66. The summed E-state index contributed by atoms with van der Waals surface area (Å²) >= 11 is 5.72. The Morgan fingerprint density at radius 2 is 2.23 bits per heavy atom. The van der Waals surface area contributed by atoms with Gasteiger partial charge in [0.1, 0.15) is 0 Å². The van der Waals surface area contributed by atoms with Gasteiger partial charge in [0.15, 0.2) is 0 Å². The van der Waals surface area contributed by atoms with Crippen molar-refractivity contribution in [1.82, 2.24) is 0 Å². The molecular weight excluding hydrogens is 184 g/mol. The van der Waals surface area contributed by atoms with E-state index in [0.717, 1.165) is 19.4 Å². The first-order valence-corrected chi connectivity index (χ1v) is 5.20. The van der Waals surface area contributed by atoms with E-state index in [4.69, 9.17) is 16.3 Å². The summed E-state index contributed by atoms with van der Waals surface area (Å²) in [6, 6.07) is 8.47. The van der Waals surface area contributed by atoms with Gasteiger partial charge in [-0.1, -0.05) is 24.3 Å². The molecule has 0 bridgehead atoms. The van der Waals surface area contributed by atoms with E-state index in [0.29, 0.717) is 5.88 Å². The first-order valence-electron chi connectivity index (χ1n) is 4.67. The number of ether oxygens (including phenoxy) is 1. The highest BCUT2D eigenvalue weighted by Gasteiger charge is 2.19. The molecule has 1 aliphatic heterocycles. The van der Waals surface area contributed by atoms with Crippen LogP contribution in [0, 0.1) is 0 Å². The van der Waals surface area contributed by atoms with Crippen LogP contribution in [0.5, 0.6) is 0 Å². The van der Waals surface area contributed by atoms with Crippen molar-refractivity contribution < 1.29 is 4.74 Å². The Hall–Kier alpha value is -0.530. The lowest BCUT2D eigenvalue weighted by atomic mass is 9.96. The molecule has 2 rings (SSSR count). The molecule has 1 aromatic rings. The van der Waals surface area contributed by atoms with E-state index in [2.05, 4.69) is 24.3 Å². The largest absolute Gasteiger partial charge is 0.373 e. The van der Waals surface area contributed by atoms with Crippen LogP contribution in [0.3, 0.4) is 0 Å². The van der Waals surface area contributed by atoms with Gasteiger partial charge >= 0.3 is 0 Å². The summed E-state index contributed by atoms with van der Waals surface area (Å²) in [4.78, 5) is 0. The summed E-state index contributed by atoms with van der Waals surface area (Å²) in [5.74, 6) is 0.666. The number of fused-ring (bicyclic) bond motifs is 1. The minimum atomic E-state index is 0.224. The van der Waals surface area contributed by atoms with Crippen molar-refractivity contribution in [2.45, 2.75) is 18.9 Å². The molecule has 0 spiro atoms. The zero-order valence-electron chi connectivity index (χ0n) is 7.50. The third-order valence-electron chi connectivity index (χ3n) is 2.46. The standard InChI is InChI=1S/C11H13ClO/c12-7-5-11-10-4-2-1-3-9(10)6-8-13-11/h1-4,11H,5-8H2. The Balaban J connectivity index is 2.26. The topological polar surface area (TPSA) is 9.23 Å². The second kappa shape index (κ2) is 4.12. The highest BCUT2D eigenvalue weighted by atomic mass is 35.5. The maximum absolute atomic E-state index is 5.72. The molecule has 0 aromatic heterocycles. The lowest BCUT2D eigenvalue weighted by Crippen LogP contribution is -2.16. The summed E-state index contributed by atoms with van der Waals surface area (Å²) in [6.45, 7) is 0.832. The zero-order chi connectivity index (χ0) is 9.10. The minimum absolute atomic E-state index is 0.224. The van der Waals surface area contributed by atoms with Crippen LogP contribution in [-0.4, -0.2) is 12.5 Å². The van der Waals surface area contributed by atoms with Gasteiger partial charge in [-0.25, -0.2) is 0 Å². The van der Waals surface area contributed by atoms with Gasteiger partial charge in [0.2, 0.25) is 0 Å². The van der Waals surface area contributed by atoms with E-state index in [9.17, 15) is 0 Å². The molecule has 0 N–H and O–H groups in total. The van der Waals surface area contributed by atoms with Crippen molar-refractivity contribution in [1.29, 1.82) is 0 Å². The lowest BCUT2D eigenvalue weighted by Gasteiger charge is -2.25. The van der Waals surface area contributed by atoms with E-state index in [1.54, 1.807) is 0 Å². The smallest absolute Gasteiger partial charge is 0.0839 e. The number of rotatable bonds is 2. The fourth-order valence-corrected chi connectivity index (χ4v) is 2.01. The van der Waals surface area contributed by atoms with Gasteiger partial charge in [-0.15, -0.1) is 11.6 Å². The Bertz CT molecular complexity index is 285. The Labute approximate surface area is 83.7 Å². The number of hydrogen-bond donors (Lipinski definition) is 0. The fourth-order valence-electron chi connectivity index (χ4n) is 1.81. The van der Waals surface area contributed by atoms with Gasteiger partial charge in [-0.3, -0.25) is 0 Å².